The first kappa shape index (κ1) is 35.5. The van der Waals surface area contributed by atoms with Gasteiger partial charge in [-0.15, -0.1) is 0 Å². The lowest BCUT2D eigenvalue weighted by Gasteiger charge is -2.61. The maximum Gasteiger partial charge on any atom is 0.165 e. The van der Waals surface area contributed by atoms with Crippen LogP contribution in [0.25, 0.3) is 0 Å². The number of nitrogens with one attached hydrogen (secondary N) is 1. The van der Waals surface area contributed by atoms with Crippen molar-refractivity contribution in [1.82, 2.24) is 0 Å². The second kappa shape index (κ2) is 17.5. The summed E-state index contributed by atoms with van der Waals surface area (Å²) in [4.78, 5) is 1.37. The summed E-state index contributed by atoms with van der Waals surface area (Å²) in [7, 11) is 1.65. The molecule has 1 spiro atoms. The summed E-state index contributed by atoms with van der Waals surface area (Å²) in [5, 5.41) is 23.2. The molecule has 2 heterocycles. The van der Waals surface area contributed by atoms with Crippen LogP contribution in [0.1, 0.15) is 30.4 Å². The maximum atomic E-state index is 12.4. The Hall–Kier alpha value is -1.84. The smallest absolute Gasteiger partial charge is 0.165 e. The van der Waals surface area contributed by atoms with E-state index < -0.39 is 11.0 Å². The van der Waals surface area contributed by atoms with E-state index in [0.717, 1.165) is 31.5 Å². The maximum absolute atomic E-state index is 12.4. The molecular weight excluding hydrogens is 598 g/mol. The third kappa shape index (κ3) is 7.72. The Labute approximate surface area is 272 Å². The SMILES string of the molecule is C=CC[NH+]1CC[C@]23c4c5ccc(O)c4O[C@H]2[C@@H](OCCOCCOCCOCCOCCOCCOCCOC)CC[C@@]3(O)[C@H]1C5. The second-order valence-electron chi connectivity index (χ2n) is 12.4. The van der Waals surface area contributed by atoms with Gasteiger partial charge in [0.25, 0.3) is 0 Å². The fraction of sp³-hybridized carbons (Fsp3) is 0.765. The highest BCUT2D eigenvalue weighted by molar-refractivity contribution is 5.62. The van der Waals surface area contributed by atoms with Crippen molar-refractivity contribution in [2.75, 3.05) is 113 Å². The molecule has 2 aliphatic heterocycles. The van der Waals surface area contributed by atoms with Gasteiger partial charge in [0.05, 0.1) is 117 Å². The van der Waals surface area contributed by atoms with E-state index in [-0.39, 0.29) is 24.0 Å². The van der Waals surface area contributed by atoms with E-state index in [2.05, 4.69) is 6.58 Å². The molecule has 2 fully saturated rings. The summed E-state index contributed by atoms with van der Waals surface area (Å²) in [5.74, 6) is 0.676. The van der Waals surface area contributed by atoms with Crippen LogP contribution in [0.3, 0.4) is 0 Å². The lowest BCUT2D eigenvalue weighted by Crippen LogP contribution is -3.21. The van der Waals surface area contributed by atoms with Crippen LogP contribution in [0.4, 0.5) is 0 Å². The van der Waals surface area contributed by atoms with Crippen LogP contribution in [0.5, 0.6) is 11.5 Å². The lowest BCUT2D eigenvalue weighted by molar-refractivity contribution is -0.937. The molecule has 0 aromatic heterocycles. The Kier molecular flexibility index (Phi) is 13.5. The number of likely N-dealkylation sites (tertiary alicyclic amines) is 1. The van der Waals surface area contributed by atoms with Gasteiger partial charge in [0.2, 0.25) is 0 Å². The highest BCUT2D eigenvalue weighted by Crippen LogP contribution is 2.63. The number of phenolic OH excluding ortho intramolecular Hbond substituents is 1. The third-order valence-corrected chi connectivity index (χ3v) is 9.91. The van der Waals surface area contributed by atoms with Gasteiger partial charge < -0.3 is 57.7 Å². The molecule has 2 bridgehead atoms. The van der Waals surface area contributed by atoms with E-state index in [4.69, 9.17) is 42.6 Å². The number of methoxy groups -OCH3 is 1. The van der Waals surface area contributed by atoms with Gasteiger partial charge in [0, 0.05) is 25.5 Å². The fourth-order valence-electron chi connectivity index (χ4n) is 7.93. The van der Waals surface area contributed by atoms with Gasteiger partial charge in [0.1, 0.15) is 17.7 Å². The molecule has 0 amide bonds. The summed E-state index contributed by atoms with van der Waals surface area (Å²) < 4.78 is 50.9. The number of aromatic hydroxyl groups is 1. The number of hydrogen-bond acceptors (Lipinski definition) is 11. The Morgan fingerprint density at radius 2 is 1.41 bits per heavy atom. The van der Waals surface area contributed by atoms with E-state index in [1.54, 1.807) is 13.2 Å². The first-order chi connectivity index (χ1) is 22.6. The molecule has 46 heavy (non-hydrogen) atoms. The van der Waals surface area contributed by atoms with E-state index in [1.165, 1.54) is 10.5 Å². The molecule has 1 saturated heterocycles. The van der Waals surface area contributed by atoms with Crippen molar-refractivity contribution in [3.63, 3.8) is 0 Å². The van der Waals surface area contributed by atoms with Crippen molar-refractivity contribution in [3.05, 3.63) is 35.9 Å². The molecule has 260 valence electrons. The first-order valence-corrected chi connectivity index (χ1v) is 16.8. The Morgan fingerprint density at radius 1 is 0.848 bits per heavy atom. The standard InChI is InChI=1S/C34H53NO11/c1-3-9-35-10-8-33-30-26-4-5-27(36)31(30)46-32(33)28(6-7-34(33,37)29(35)25-26)45-24-23-44-22-21-43-20-19-42-18-17-41-16-15-40-14-13-39-12-11-38-2/h3-5,28-29,32,36-37H,1,6-25H2,2H3/p+1/t28-,29+,32-,33-,34+/m0/s1. The molecule has 0 radical (unpaired) electrons. The van der Waals surface area contributed by atoms with E-state index in [1.807, 2.05) is 12.1 Å². The minimum absolute atomic E-state index is 0.0595. The van der Waals surface area contributed by atoms with Gasteiger partial charge in [-0.1, -0.05) is 12.6 Å². The summed E-state index contributed by atoms with van der Waals surface area (Å²) in [6.45, 7) is 12.8. The minimum Gasteiger partial charge on any atom is -0.504 e. The van der Waals surface area contributed by atoms with Crippen LogP contribution in [-0.4, -0.2) is 147 Å². The highest BCUT2D eigenvalue weighted by Gasteiger charge is 2.74. The number of benzene rings is 1. The Balaban J connectivity index is 0.930. The van der Waals surface area contributed by atoms with Crippen LogP contribution >= 0.6 is 0 Å². The molecule has 1 aromatic rings. The zero-order chi connectivity index (χ0) is 32.2. The summed E-state index contributed by atoms with van der Waals surface area (Å²) in [6.07, 6.45) is 4.29. The quantitative estimate of drug-likeness (QED) is 0.106. The van der Waals surface area contributed by atoms with Crippen molar-refractivity contribution < 1.29 is 57.7 Å². The molecule has 6 atom stereocenters. The molecule has 12 nitrogen and oxygen atoms in total. The zero-order valence-electron chi connectivity index (χ0n) is 27.4. The van der Waals surface area contributed by atoms with Crippen LogP contribution in [0.15, 0.2) is 24.8 Å². The van der Waals surface area contributed by atoms with Crippen LogP contribution < -0.4 is 9.64 Å². The molecule has 1 saturated carbocycles. The second-order valence-corrected chi connectivity index (χ2v) is 12.4. The van der Waals surface area contributed by atoms with Crippen molar-refractivity contribution >= 4 is 0 Å². The van der Waals surface area contributed by atoms with Gasteiger partial charge in [0.15, 0.2) is 11.5 Å². The van der Waals surface area contributed by atoms with Crippen LogP contribution in [-0.2, 0) is 49.7 Å². The molecular formula is C34H54NO11+. The molecule has 3 N–H and O–H groups in total. The number of rotatable bonds is 24. The molecule has 12 heteroatoms. The molecule has 4 aliphatic rings. The highest BCUT2D eigenvalue weighted by atomic mass is 16.6. The van der Waals surface area contributed by atoms with E-state index in [0.29, 0.717) is 111 Å². The van der Waals surface area contributed by atoms with Gasteiger partial charge in [-0.3, -0.25) is 0 Å². The number of ether oxygens (including phenoxy) is 9. The van der Waals surface area contributed by atoms with E-state index in [9.17, 15) is 10.2 Å². The number of quaternary nitrogens is 1. The minimum atomic E-state index is -0.917. The molecule has 2 aliphatic carbocycles. The lowest BCUT2D eigenvalue weighted by atomic mass is 9.48. The number of piperidine rings is 1. The van der Waals surface area contributed by atoms with Gasteiger partial charge in [-0.2, -0.15) is 0 Å². The predicted molar refractivity (Wildman–Crippen MR) is 168 cm³/mol. The van der Waals surface area contributed by atoms with Crippen molar-refractivity contribution in [2.24, 2.45) is 0 Å². The average molecular weight is 653 g/mol. The van der Waals surface area contributed by atoms with Crippen LogP contribution in [0.2, 0.25) is 0 Å². The Morgan fingerprint density at radius 3 is 1.98 bits per heavy atom. The largest absolute Gasteiger partial charge is 0.504 e. The fourth-order valence-corrected chi connectivity index (χ4v) is 7.93. The average Bonchev–Trinajstić information content (AvgIpc) is 3.41. The Bertz CT molecular complexity index is 1090. The molecule has 5 rings (SSSR count). The normalized spacial score (nSPS) is 29.0. The molecule has 1 unspecified atom stereocenters. The van der Waals surface area contributed by atoms with Gasteiger partial charge in [-0.25, -0.2) is 0 Å². The van der Waals surface area contributed by atoms with Crippen molar-refractivity contribution in [2.45, 2.75) is 54.9 Å². The van der Waals surface area contributed by atoms with Crippen molar-refractivity contribution in [3.8, 4) is 11.5 Å². The first-order valence-electron chi connectivity index (χ1n) is 16.8. The van der Waals surface area contributed by atoms with Crippen LogP contribution in [0, 0.1) is 0 Å². The zero-order valence-corrected chi connectivity index (χ0v) is 27.4. The third-order valence-electron chi connectivity index (χ3n) is 9.91. The monoisotopic (exact) mass is 652 g/mol. The topological polar surface area (TPSA) is 128 Å². The summed E-state index contributed by atoms with van der Waals surface area (Å²) in [5.41, 5.74) is 0.684. The summed E-state index contributed by atoms with van der Waals surface area (Å²) >= 11 is 0. The number of hydrogen-bond donors (Lipinski definition) is 3. The summed E-state index contributed by atoms with van der Waals surface area (Å²) in [6, 6.07) is 3.80. The number of aliphatic hydroxyl groups is 1. The predicted octanol–water partition coefficient (Wildman–Crippen LogP) is 0.446. The molecule has 1 aromatic carbocycles. The number of phenols is 1. The van der Waals surface area contributed by atoms with E-state index >= 15 is 0 Å². The van der Waals surface area contributed by atoms with Gasteiger partial charge in [-0.05, 0) is 30.5 Å². The van der Waals surface area contributed by atoms with Gasteiger partial charge >= 0.3 is 0 Å². The van der Waals surface area contributed by atoms with Crippen molar-refractivity contribution in [1.29, 1.82) is 0 Å².